The summed E-state index contributed by atoms with van der Waals surface area (Å²) in [6.07, 6.45) is 1.42. The predicted octanol–water partition coefficient (Wildman–Crippen LogP) is 5.18. The van der Waals surface area contributed by atoms with Crippen molar-refractivity contribution in [2.75, 3.05) is 7.11 Å². The molecular formula is C22H17Br2N3O6. The van der Waals surface area contributed by atoms with Gasteiger partial charge < -0.3 is 14.6 Å². The Bertz CT molecular complexity index is 1220. The average molecular weight is 579 g/mol. The predicted molar refractivity (Wildman–Crippen MR) is 129 cm³/mol. The number of carbonyl (C=O) groups excluding carboxylic acids is 1. The highest BCUT2D eigenvalue weighted by Gasteiger charge is 2.13. The number of phenols is 1. The van der Waals surface area contributed by atoms with E-state index >= 15 is 0 Å². The zero-order chi connectivity index (χ0) is 24.0. The zero-order valence-corrected chi connectivity index (χ0v) is 20.3. The number of aromatic hydroxyl groups is 1. The molecule has 0 saturated carbocycles. The molecule has 0 aliphatic rings. The van der Waals surface area contributed by atoms with E-state index in [1.165, 1.54) is 37.6 Å². The molecule has 0 aliphatic heterocycles. The van der Waals surface area contributed by atoms with Gasteiger partial charge in [0.2, 0.25) is 0 Å². The Labute approximate surface area is 205 Å². The van der Waals surface area contributed by atoms with E-state index in [0.717, 1.165) is 5.56 Å². The van der Waals surface area contributed by atoms with Crippen LogP contribution in [0.25, 0.3) is 0 Å². The van der Waals surface area contributed by atoms with Crippen LogP contribution in [-0.4, -0.2) is 29.3 Å². The van der Waals surface area contributed by atoms with E-state index in [-0.39, 0.29) is 23.6 Å². The van der Waals surface area contributed by atoms with Crippen molar-refractivity contribution in [1.29, 1.82) is 0 Å². The molecule has 3 aromatic carbocycles. The second-order valence-corrected chi connectivity index (χ2v) is 8.38. The molecule has 0 aromatic heterocycles. The number of hydrogen-bond donors (Lipinski definition) is 2. The summed E-state index contributed by atoms with van der Waals surface area (Å²) in [5, 5.41) is 24.5. The van der Waals surface area contributed by atoms with Gasteiger partial charge in [0.25, 0.3) is 11.6 Å². The number of carbonyl (C=O) groups is 1. The third-order valence-corrected chi connectivity index (χ3v) is 5.45. The molecule has 0 radical (unpaired) electrons. The van der Waals surface area contributed by atoms with Crippen molar-refractivity contribution in [2.24, 2.45) is 5.10 Å². The van der Waals surface area contributed by atoms with Crippen molar-refractivity contribution in [3.8, 4) is 17.2 Å². The Morgan fingerprint density at radius 2 is 1.91 bits per heavy atom. The number of hydrazone groups is 1. The Balaban J connectivity index is 1.69. The average Bonchev–Trinajstić information content (AvgIpc) is 2.79. The highest BCUT2D eigenvalue weighted by Crippen LogP contribution is 2.37. The number of phenolic OH excluding ortho intramolecular Hbond substituents is 1. The van der Waals surface area contributed by atoms with Crippen LogP contribution in [0.1, 0.15) is 21.5 Å². The van der Waals surface area contributed by atoms with Gasteiger partial charge in [-0.1, -0.05) is 15.9 Å². The van der Waals surface area contributed by atoms with Crippen LogP contribution >= 0.6 is 31.9 Å². The fraction of sp³-hybridized carbons (Fsp3) is 0.0909. The maximum atomic E-state index is 12.2. The highest BCUT2D eigenvalue weighted by atomic mass is 79.9. The first-order valence-electron chi connectivity index (χ1n) is 9.34. The number of amides is 1. The fourth-order valence-electron chi connectivity index (χ4n) is 2.74. The third-order valence-electron chi connectivity index (χ3n) is 4.37. The number of non-ortho nitro benzene ring substituents is 1. The summed E-state index contributed by atoms with van der Waals surface area (Å²) in [7, 11) is 1.49. The highest BCUT2D eigenvalue weighted by molar-refractivity contribution is 9.10. The van der Waals surface area contributed by atoms with Crippen molar-refractivity contribution >= 4 is 49.7 Å². The third kappa shape index (κ3) is 6.30. The molecule has 3 aromatic rings. The van der Waals surface area contributed by atoms with Gasteiger partial charge >= 0.3 is 0 Å². The lowest BCUT2D eigenvalue weighted by Gasteiger charge is -2.13. The molecule has 9 nitrogen and oxygen atoms in total. The van der Waals surface area contributed by atoms with Gasteiger partial charge in [-0.25, -0.2) is 5.43 Å². The summed E-state index contributed by atoms with van der Waals surface area (Å²) in [6, 6.07) is 13.9. The smallest absolute Gasteiger partial charge is 0.275 e. The Morgan fingerprint density at radius 3 is 2.58 bits per heavy atom. The molecule has 0 fully saturated rings. The van der Waals surface area contributed by atoms with E-state index in [9.17, 15) is 20.0 Å². The summed E-state index contributed by atoms with van der Waals surface area (Å²) in [4.78, 5) is 22.5. The maximum Gasteiger partial charge on any atom is 0.275 e. The number of nitro groups is 1. The minimum absolute atomic E-state index is 0.00311. The Kier molecular flexibility index (Phi) is 8.01. The van der Waals surface area contributed by atoms with Gasteiger partial charge in [0.15, 0.2) is 11.5 Å². The first-order valence-corrected chi connectivity index (χ1v) is 10.9. The summed E-state index contributed by atoms with van der Waals surface area (Å²) < 4.78 is 12.5. The molecule has 0 heterocycles. The maximum absolute atomic E-state index is 12.2. The van der Waals surface area contributed by atoms with Crippen molar-refractivity contribution in [3.05, 3.63) is 90.3 Å². The summed E-state index contributed by atoms with van der Waals surface area (Å²) in [5.41, 5.74) is 3.80. The number of methoxy groups -OCH3 is 1. The topological polar surface area (TPSA) is 123 Å². The van der Waals surface area contributed by atoms with Crippen LogP contribution < -0.4 is 14.9 Å². The van der Waals surface area contributed by atoms with Gasteiger partial charge in [-0.2, -0.15) is 5.10 Å². The molecule has 0 bridgehead atoms. The normalized spacial score (nSPS) is 10.8. The van der Waals surface area contributed by atoms with Crippen molar-refractivity contribution in [3.63, 3.8) is 0 Å². The molecule has 11 heteroatoms. The SMILES string of the molecule is COc1cc(/C=N\NC(=O)c2cc(Br)ccc2O)cc(Br)c1OCc1ccc([N+](=O)[O-])cc1. The van der Waals surface area contributed by atoms with E-state index < -0.39 is 10.8 Å². The molecule has 1 amide bonds. The van der Waals surface area contributed by atoms with Gasteiger partial charge in [-0.3, -0.25) is 14.9 Å². The van der Waals surface area contributed by atoms with Crippen LogP contribution in [0.2, 0.25) is 0 Å². The molecule has 0 atom stereocenters. The molecule has 33 heavy (non-hydrogen) atoms. The molecular weight excluding hydrogens is 562 g/mol. The molecule has 3 rings (SSSR count). The molecule has 2 N–H and O–H groups in total. The number of rotatable bonds is 8. The first kappa shape index (κ1) is 24.2. The van der Waals surface area contributed by atoms with Gasteiger partial charge in [0.05, 0.1) is 28.3 Å². The quantitative estimate of drug-likeness (QED) is 0.216. The summed E-state index contributed by atoms with van der Waals surface area (Å²) >= 11 is 6.69. The molecule has 0 aliphatic carbocycles. The van der Waals surface area contributed by atoms with Gasteiger partial charge in [-0.05, 0) is 69.5 Å². The van der Waals surface area contributed by atoms with Crippen LogP contribution in [0.4, 0.5) is 5.69 Å². The van der Waals surface area contributed by atoms with Crippen molar-refractivity contribution in [1.82, 2.24) is 5.43 Å². The van der Waals surface area contributed by atoms with E-state index in [4.69, 9.17) is 9.47 Å². The number of halogens is 2. The Morgan fingerprint density at radius 1 is 1.18 bits per heavy atom. The largest absolute Gasteiger partial charge is 0.507 e. The monoisotopic (exact) mass is 577 g/mol. The minimum Gasteiger partial charge on any atom is -0.507 e. The molecule has 0 spiro atoms. The summed E-state index contributed by atoms with van der Waals surface area (Å²) in [5.74, 6) is 0.128. The molecule has 170 valence electrons. The van der Waals surface area contributed by atoms with Crippen LogP contribution in [-0.2, 0) is 6.61 Å². The standard InChI is InChI=1S/C22H17Br2N3O6/c1-32-20-9-14(11-25-26-22(29)17-10-15(23)4-7-19(17)28)8-18(24)21(20)33-12-13-2-5-16(6-3-13)27(30)31/h2-11,28H,12H2,1H3,(H,26,29)/b25-11-. The van der Waals surface area contributed by atoms with Crippen molar-refractivity contribution < 1.29 is 24.3 Å². The van der Waals surface area contributed by atoms with Crippen LogP contribution in [0.3, 0.4) is 0 Å². The lowest BCUT2D eigenvalue weighted by Crippen LogP contribution is -2.17. The van der Waals surface area contributed by atoms with E-state index in [1.807, 2.05) is 0 Å². The van der Waals surface area contributed by atoms with Gasteiger partial charge in [0.1, 0.15) is 12.4 Å². The number of nitrogens with one attached hydrogen (secondary N) is 1. The van der Waals surface area contributed by atoms with Gasteiger partial charge in [-0.15, -0.1) is 0 Å². The second kappa shape index (κ2) is 10.9. The van der Waals surface area contributed by atoms with E-state index in [0.29, 0.717) is 26.0 Å². The second-order valence-electron chi connectivity index (χ2n) is 6.61. The first-order chi connectivity index (χ1) is 15.8. The van der Waals surface area contributed by atoms with Crippen LogP contribution in [0, 0.1) is 10.1 Å². The molecule has 0 saturated heterocycles. The lowest BCUT2D eigenvalue weighted by molar-refractivity contribution is -0.384. The minimum atomic E-state index is -0.570. The van der Waals surface area contributed by atoms with Crippen LogP contribution in [0.5, 0.6) is 17.2 Å². The zero-order valence-electron chi connectivity index (χ0n) is 17.1. The number of nitrogens with zero attached hydrogens (tertiary/aromatic N) is 2. The van der Waals surface area contributed by atoms with Gasteiger partial charge in [0, 0.05) is 16.6 Å². The lowest BCUT2D eigenvalue weighted by atomic mass is 10.2. The number of nitro benzene ring substituents is 1. The van der Waals surface area contributed by atoms with Crippen LogP contribution in [0.15, 0.2) is 68.6 Å². The number of hydrogen-bond acceptors (Lipinski definition) is 7. The molecule has 0 unspecified atom stereocenters. The van der Waals surface area contributed by atoms with E-state index in [1.54, 1.807) is 30.3 Å². The number of benzene rings is 3. The van der Waals surface area contributed by atoms with E-state index in [2.05, 4.69) is 42.4 Å². The fourth-order valence-corrected chi connectivity index (χ4v) is 3.67. The summed E-state index contributed by atoms with van der Waals surface area (Å²) in [6.45, 7) is 0.173. The Hall–Kier alpha value is -3.44. The number of ether oxygens (including phenoxy) is 2. The van der Waals surface area contributed by atoms with Crippen molar-refractivity contribution in [2.45, 2.75) is 6.61 Å².